The fourth-order valence-corrected chi connectivity index (χ4v) is 3.23. The highest BCUT2D eigenvalue weighted by atomic mass is 16.5. The van der Waals surface area contributed by atoms with Crippen molar-refractivity contribution >= 4 is 17.6 Å². The van der Waals surface area contributed by atoms with Crippen molar-refractivity contribution < 1.29 is 28.9 Å². The monoisotopic (exact) mass is 444 g/mol. The van der Waals surface area contributed by atoms with Gasteiger partial charge in [-0.2, -0.15) is 5.10 Å². The molecule has 2 N–H and O–H groups in total. The molecule has 1 aliphatic rings. The molecular formula is C22H28N4O6. The number of methoxy groups -OCH3 is 2. The maximum absolute atomic E-state index is 12.3. The zero-order valence-electron chi connectivity index (χ0n) is 18.6. The minimum Gasteiger partial charge on any atom is -0.493 e. The Morgan fingerprint density at radius 1 is 1.22 bits per heavy atom. The Labute approximate surface area is 186 Å². The molecule has 1 aromatic heterocycles. The van der Waals surface area contributed by atoms with Crippen molar-refractivity contribution in [3.63, 3.8) is 0 Å². The Bertz CT molecular complexity index is 1010. The highest BCUT2D eigenvalue weighted by Crippen LogP contribution is 2.37. The summed E-state index contributed by atoms with van der Waals surface area (Å²) in [6.45, 7) is 4.13. The van der Waals surface area contributed by atoms with E-state index >= 15 is 0 Å². The fraction of sp³-hybridized carbons (Fsp3) is 0.409. The number of amides is 2. The summed E-state index contributed by atoms with van der Waals surface area (Å²) in [5.74, 6) is 1.73. The number of aliphatic hydroxyl groups is 1. The summed E-state index contributed by atoms with van der Waals surface area (Å²) >= 11 is 0. The third kappa shape index (κ3) is 6.01. The van der Waals surface area contributed by atoms with Gasteiger partial charge in [0.25, 0.3) is 0 Å². The van der Waals surface area contributed by atoms with Crippen LogP contribution in [-0.4, -0.2) is 64.5 Å². The SMILES string of the molecule is COc1cccc(OC2=CC(=O)N(CCC(=O)Nc3ccn(CC(C)(C)O)n3)C2)c1OC. The lowest BCUT2D eigenvalue weighted by atomic mass is 10.1. The molecular weight excluding hydrogens is 416 g/mol. The smallest absolute Gasteiger partial charge is 0.250 e. The van der Waals surface area contributed by atoms with E-state index < -0.39 is 5.60 Å². The zero-order chi connectivity index (χ0) is 23.3. The van der Waals surface area contributed by atoms with E-state index in [0.717, 1.165) is 0 Å². The Hall–Kier alpha value is -3.53. The second-order valence-electron chi connectivity index (χ2n) is 7.97. The quantitative estimate of drug-likeness (QED) is 0.574. The molecule has 1 aliphatic heterocycles. The lowest BCUT2D eigenvalue weighted by Gasteiger charge is -2.17. The van der Waals surface area contributed by atoms with E-state index in [2.05, 4.69) is 10.4 Å². The number of nitrogens with one attached hydrogen (secondary N) is 1. The number of hydrogen-bond acceptors (Lipinski definition) is 7. The van der Waals surface area contributed by atoms with Gasteiger partial charge in [-0.05, 0) is 26.0 Å². The first-order valence-corrected chi connectivity index (χ1v) is 10.1. The van der Waals surface area contributed by atoms with Gasteiger partial charge in [0.1, 0.15) is 5.76 Å². The summed E-state index contributed by atoms with van der Waals surface area (Å²) in [4.78, 5) is 26.1. The van der Waals surface area contributed by atoms with E-state index in [1.807, 2.05) is 0 Å². The number of para-hydroxylation sites is 1. The normalized spacial score (nSPS) is 13.7. The number of rotatable bonds is 10. The molecule has 0 radical (unpaired) electrons. The minimum atomic E-state index is -0.912. The summed E-state index contributed by atoms with van der Waals surface area (Å²) in [6, 6.07) is 6.89. The second kappa shape index (κ2) is 9.73. The van der Waals surface area contributed by atoms with Crippen molar-refractivity contribution in [3.8, 4) is 17.2 Å². The van der Waals surface area contributed by atoms with Crippen LogP contribution in [0.2, 0.25) is 0 Å². The average Bonchev–Trinajstić information content (AvgIpc) is 3.30. The molecule has 0 unspecified atom stereocenters. The lowest BCUT2D eigenvalue weighted by Crippen LogP contribution is -2.30. The number of aromatic nitrogens is 2. The van der Waals surface area contributed by atoms with Gasteiger partial charge in [-0.1, -0.05) is 6.07 Å². The van der Waals surface area contributed by atoms with Crippen molar-refractivity contribution in [2.24, 2.45) is 0 Å². The van der Waals surface area contributed by atoms with Crippen LogP contribution in [0.3, 0.4) is 0 Å². The molecule has 10 nitrogen and oxygen atoms in total. The maximum Gasteiger partial charge on any atom is 0.250 e. The zero-order valence-corrected chi connectivity index (χ0v) is 18.6. The molecule has 2 amide bonds. The van der Waals surface area contributed by atoms with Gasteiger partial charge in [-0.3, -0.25) is 14.3 Å². The van der Waals surface area contributed by atoms with Crippen LogP contribution in [-0.2, 0) is 16.1 Å². The number of ether oxygens (including phenoxy) is 3. The van der Waals surface area contributed by atoms with E-state index in [1.165, 1.54) is 25.2 Å². The molecule has 172 valence electrons. The Morgan fingerprint density at radius 2 is 1.97 bits per heavy atom. The molecule has 0 fully saturated rings. The van der Waals surface area contributed by atoms with Crippen LogP contribution in [0.15, 0.2) is 42.3 Å². The molecule has 10 heteroatoms. The van der Waals surface area contributed by atoms with Crippen molar-refractivity contribution in [1.29, 1.82) is 0 Å². The standard InChI is InChI=1S/C22H28N4O6/c1-22(2,29)14-26-11-8-18(24-26)23-19(27)9-10-25-13-15(12-20(25)28)32-17-7-5-6-16(30-3)21(17)31-4/h5-8,11-12,29H,9-10,13-14H2,1-4H3,(H,23,24,27). The highest BCUT2D eigenvalue weighted by Gasteiger charge is 2.25. The number of nitrogens with zero attached hydrogens (tertiary/aromatic N) is 3. The van der Waals surface area contributed by atoms with Gasteiger partial charge in [-0.15, -0.1) is 0 Å². The summed E-state index contributed by atoms with van der Waals surface area (Å²) in [7, 11) is 3.04. The van der Waals surface area contributed by atoms with Crippen LogP contribution in [0.5, 0.6) is 17.2 Å². The predicted molar refractivity (Wildman–Crippen MR) is 117 cm³/mol. The topological polar surface area (TPSA) is 115 Å². The largest absolute Gasteiger partial charge is 0.493 e. The second-order valence-corrected chi connectivity index (χ2v) is 7.97. The summed E-state index contributed by atoms with van der Waals surface area (Å²) < 4.78 is 18.0. The average molecular weight is 444 g/mol. The predicted octanol–water partition coefficient (Wildman–Crippen LogP) is 1.80. The van der Waals surface area contributed by atoms with Crippen molar-refractivity contribution in [1.82, 2.24) is 14.7 Å². The molecule has 1 aromatic carbocycles. The molecule has 0 saturated carbocycles. The first-order chi connectivity index (χ1) is 15.2. The van der Waals surface area contributed by atoms with E-state index in [9.17, 15) is 14.7 Å². The van der Waals surface area contributed by atoms with Crippen LogP contribution in [0.25, 0.3) is 0 Å². The van der Waals surface area contributed by atoms with Gasteiger partial charge in [0.15, 0.2) is 17.3 Å². The van der Waals surface area contributed by atoms with E-state index in [-0.39, 0.29) is 31.3 Å². The van der Waals surface area contributed by atoms with Gasteiger partial charge in [0.2, 0.25) is 17.6 Å². The van der Waals surface area contributed by atoms with Crippen LogP contribution in [0.4, 0.5) is 5.82 Å². The van der Waals surface area contributed by atoms with Crippen LogP contribution >= 0.6 is 0 Å². The minimum absolute atomic E-state index is 0.105. The molecule has 2 heterocycles. The highest BCUT2D eigenvalue weighted by molar-refractivity contribution is 5.93. The first kappa shape index (κ1) is 23.1. The number of hydrogen-bond donors (Lipinski definition) is 2. The van der Waals surface area contributed by atoms with Gasteiger partial charge < -0.3 is 29.5 Å². The van der Waals surface area contributed by atoms with Gasteiger partial charge in [0.05, 0.1) is 32.9 Å². The van der Waals surface area contributed by atoms with Gasteiger partial charge in [-0.25, -0.2) is 0 Å². The molecule has 2 aromatic rings. The Kier molecular flexibility index (Phi) is 7.04. The molecule has 0 spiro atoms. The molecule has 3 rings (SSSR count). The third-order valence-electron chi connectivity index (χ3n) is 4.62. The molecule has 32 heavy (non-hydrogen) atoms. The van der Waals surface area contributed by atoms with Gasteiger partial charge >= 0.3 is 0 Å². The van der Waals surface area contributed by atoms with Crippen molar-refractivity contribution in [2.45, 2.75) is 32.4 Å². The number of carbonyl (C=O) groups is 2. The van der Waals surface area contributed by atoms with E-state index in [0.29, 0.717) is 35.4 Å². The number of anilines is 1. The van der Waals surface area contributed by atoms with Crippen molar-refractivity contribution in [2.75, 3.05) is 32.6 Å². The molecule has 0 saturated heterocycles. The summed E-state index contributed by atoms with van der Waals surface area (Å²) in [5, 5.41) is 16.8. The van der Waals surface area contributed by atoms with Crippen molar-refractivity contribution in [3.05, 3.63) is 42.3 Å². The first-order valence-electron chi connectivity index (χ1n) is 10.1. The van der Waals surface area contributed by atoms with Gasteiger partial charge in [0, 0.05) is 31.3 Å². The molecule has 0 aliphatic carbocycles. The molecule has 0 bridgehead atoms. The van der Waals surface area contributed by atoms with E-state index in [4.69, 9.17) is 14.2 Å². The maximum atomic E-state index is 12.3. The summed E-state index contributed by atoms with van der Waals surface area (Å²) in [5.41, 5.74) is -0.912. The number of carbonyl (C=O) groups excluding carboxylic acids is 2. The lowest BCUT2D eigenvalue weighted by molar-refractivity contribution is -0.125. The third-order valence-corrected chi connectivity index (χ3v) is 4.62. The van der Waals surface area contributed by atoms with Crippen LogP contribution in [0, 0.1) is 0 Å². The fourth-order valence-electron chi connectivity index (χ4n) is 3.23. The number of benzene rings is 1. The summed E-state index contributed by atoms with van der Waals surface area (Å²) in [6.07, 6.45) is 3.18. The van der Waals surface area contributed by atoms with Crippen LogP contribution in [0.1, 0.15) is 20.3 Å². The molecule has 0 atom stereocenters. The Morgan fingerprint density at radius 3 is 2.66 bits per heavy atom. The van der Waals surface area contributed by atoms with Crippen LogP contribution < -0.4 is 19.5 Å². The Balaban J connectivity index is 1.51. The van der Waals surface area contributed by atoms with E-state index in [1.54, 1.807) is 49.0 Å².